The van der Waals surface area contributed by atoms with Gasteiger partial charge in [-0.3, -0.25) is 9.78 Å². The number of furan rings is 1. The lowest BCUT2D eigenvalue weighted by Crippen LogP contribution is -2.24. The van der Waals surface area contributed by atoms with E-state index in [1.165, 1.54) is 0 Å². The first kappa shape index (κ1) is 11.5. The van der Waals surface area contributed by atoms with Crippen molar-refractivity contribution in [2.24, 2.45) is 7.05 Å². The molecule has 19 heavy (non-hydrogen) atoms. The predicted octanol–water partition coefficient (Wildman–Crippen LogP) is 2.10. The summed E-state index contributed by atoms with van der Waals surface area (Å²) in [5.74, 6) is -0.127. The van der Waals surface area contributed by atoms with E-state index in [4.69, 9.17) is 4.42 Å². The van der Waals surface area contributed by atoms with Gasteiger partial charge in [-0.2, -0.15) is 0 Å². The van der Waals surface area contributed by atoms with Crippen molar-refractivity contribution in [1.29, 1.82) is 0 Å². The molecule has 0 aliphatic carbocycles. The second-order valence-corrected chi connectivity index (χ2v) is 4.30. The quantitative estimate of drug-likeness (QED) is 0.779. The predicted molar refractivity (Wildman–Crippen MR) is 70.6 cm³/mol. The van der Waals surface area contributed by atoms with E-state index in [1.807, 2.05) is 29.8 Å². The van der Waals surface area contributed by atoms with Gasteiger partial charge in [0.1, 0.15) is 5.69 Å². The van der Waals surface area contributed by atoms with Crippen molar-refractivity contribution in [2.45, 2.75) is 6.54 Å². The molecule has 3 aromatic heterocycles. The summed E-state index contributed by atoms with van der Waals surface area (Å²) in [6.45, 7) is 0.458. The summed E-state index contributed by atoms with van der Waals surface area (Å²) in [7, 11) is 1.84. The summed E-state index contributed by atoms with van der Waals surface area (Å²) < 4.78 is 7.10. The first-order chi connectivity index (χ1) is 9.25. The van der Waals surface area contributed by atoms with Gasteiger partial charge in [-0.1, -0.05) is 6.07 Å². The van der Waals surface area contributed by atoms with Gasteiger partial charge < -0.3 is 14.3 Å². The average Bonchev–Trinajstić information content (AvgIpc) is 3.01. The number of nitrogens with zero attached hydrogens (tertiary/aromatic N) is 2. The molecule has 1 amide bonds. The van der Waals surface area contributed by atoms with Crippen LogP contribution >= 0.6 is 0 Å². The van der Waals surface area contributed by atoms with Crippen LogP contribution in [0, 0.1) is 0 Å². The van der Waals surface area contributed by atoms with Crippen LogP contribution in [0.4, 0.5) is 0 Å². The van der Waals surface area contributed by atoms with Crippen LogP contribution in [0.15, 0.2) is 47.3 Å². The highest BCUT2D eigenvalue weighted by Gasteiger charge is 2.14. The molecule has 1 N–H and O–H groups in total. The minimum atomic E-state index is -0.127. The SMILES string of the molecule is Cn1c(C(=O)NCc2cccnc2)cc2occc21. The largest absolute Gasteiger partial charge is 0.463 e. The molecule has 0 spiro atoms. The van der Waals surface area contributed by atoms with Crippen LogP contribution in [0.5, 0.6) is 0 Å². The summed E-state index contributed by atoms with van der Waals surface area (Å²) in [6.07, 6.45) is 5.05. The lowest BCUT2D eigenvalue weighted by molar-refractivity contribution is 0.0943. The van der Waals surface area contributed by atoms with E-state index in [2.05, 4.69) is 10.3 Å². The molecule has 0 saturated carbocycles. The second-order valence-electron chi connectivity index (χ2n) is 4.30. The van der Waals surface area contributed by atoms with Gasteiger partial charge in [0, 0.05) is 38.1 Å². The highest BCUT2D eigenvalue weighted by atomic mass is 16.3. The molecule has 3 rings (SSSR count). The fourth-order valence-electron chi connectivity index (χ4n) is 2.04. The standard InChI is InChI=1S/C14H13N3O2/c1-17-11-4-6-19-13(11)7-12(17)14(18)16-9-10-3-2-5-15-8-10/h2-8H,9H2,1H3,(H,16,18). The van der Waals surface area contributed by atoms with E-state index in [-0.39, 0.29) is 5.91 Å². The van der Waals surface area contributed by atoms with Crippen molar-refractivity contribution in [3.63, 3.8) is 0 Å². The van der Waals surface area contributed by atoms with Gasteiger partial charge in [0.2, 0.25) is 0 Å². The zero-order valence-electron chi connectivity index (χ0n) is 10.5. The summed E-state index contributed by atoms with van der Waals surface area (Å²) in [4.78, 5) is 16.1. The van der Waals surface area contributed by atoms with Crippen molar-refractivity contribution in [3.05, 3.63) is 54.2 Å². The fraction of sp³-hybridized carbons (Fsp3) is 0.143. The van der Waals surface area contributed by atoms with Gasteiger partial charge in [0.25, 0.3) is 5.91 Å². The normalized spacial score (nSPS) is 10.8. The van der Waals surface area contributed by atoms with Crippen LogP contribution < -0.4 is 5.32 Å². The first-order valence-corrected chi connectivity index (χ1v) is 5.96. The van der Waals surface area contributed by atoms with Gasteiger partial charge in [-0.05, 0) is 11.6 Å². The molecule has 0 aliphatic heterocycles. The Morgan fingerprint density at radius 2 is 2.37 bits per heavy atom. The molecule has 5 nitrogen and oxygen atoms in total. The van der Waals surface area contributed by atoms with Crippen molar-refractivity contribution >= 4 is 17.0 Å². The number of hydrogen-bond donors (Lipinski definition) is 1. The summed E-state index contributed by atoms with van der Waals surface area (Å²) >= 11 is 0. The van der Waals surface area contributed by atoms with Gasteiger partial charge in [0.05, 0.1) is 11.8 Å². The maximum absolute atomic E-state index is 12.1. The Morgan fingerprint density at radius 1 is 1.47 bits per heavy atom. The highest BCUT2D eigenvalue weighted by molar-refractivity contribution is 5.97. The van der Waals surface area contributed by atoms with E-state index < -0.39 is 0 Å². The Morgan fingerprint density at radius 3 is 3.11 bits per heavy atom. The number of nitrogens with one attached hydrogen (secondary N) is 1. The molecule has 5 heteroatoms. The maximum atomic E-state index is 12.1. The lowest BCUT2D eigenvalue weighted by atomic mass is 10.3. The molecule has 0 bridgehead atoms. The zero-order chi connectivity index (χ0) is 13.2. The van der Waals surface area contributed by atoms with Crippen LogP contribution in [0.2, 0.25) is 0 Å². The number of aryl methyl sites for hydroxylation is 1. The number of carbonyl (C=O) groups excluding carboxylic acids is 1. The zero-order valence-corrected chi connectivity index (χ0v) is 10.5. The molecule has 0 fully saturated rings. The van der Waals surface area contributed by atoms with Gasteiger partial charge in [-0.15, -0.1) is 0 Å². The van der Waals surface area contributed by atoms with Crippen LogP contribution in [-0.4, -0.2) is 15.5 Å². The fourth-order valence-corrected chi connectivity index (χ4v) is 2.04. The van der Waals surface area contributed by atoms with Gasteiger partial charge >= 0.3 is 0 Å². The average molecular weight is 255 g/mol. The molecule has 0 aliphatic rings. The minimum Gasteiger partial charge on any atom is -0.463 e. The van der Waals surface area contributed by atoms with Crippen LogP contribution in [0.25, 0.3) is 11.1 Å². The molecule has 0 aromatic carbocycles. The number of rotatable bonds is 3. The monoisotopic (exact) mass is 255 g/mol. The summed E-state index contributed by atoms with van der Waals surface area (Å²) in [5.41, 5.74) is 3.17. The molecule has 0 radical (unpaired) electrons. The Hall–Kier alpha value is -2.56. The van der Waals surface area contributed by atoms with Crippen molar-refractivity contribution in [2.75, 3.05) is 0 Å². The number of amides is 1. The van der Waals surface area contributed by atoms with Crippen LogP contribution in [0.1, 0.15) is 16.1 Å². The smallest absolute Gasteiger partial charge is 0.268 e. The number of fused-ring (bicyclic) bond motifs is 1. The highest BCUT2D eigenvalue weighted by Crippen LogP contribution is 2.19. The molecule has 0 unspecified atom stereocenters. The van der Waals surface area contributed by atoms with E-state index in [0.717, 1.165) is 11.1 Å². The van der Waals surface area contributed by atoms with Gasteiger partial charge in [0.15, 0.2) is 5.58 Å². The Labute approximate surface area is 109 Å². The van der Waals surface area contributed by atoms with Gasteiger partial charge in [-0.25, -0.2) is 0 Å². The summed E-state index contributed by atoms with van der Waals surface area (Å²) in [6, 6.07) is 7.35. The second kappa shape index (κ2) is 4.61. The minimum absolute atomic E-state index is 0.127. The van der Waals surface area contributed by atoms with Crippen molar-refractivity contribution in [3.8, 4) is 0 Å². The van der Waals surface area contributed by atoms with E-state index in [0.29, 0.717) is 17.8 Å². The Balaban J connectivity index is 1.77. The molecule has 0 saturated heterocycles. The van der Waals surface area contributed by atoms with Crippen molar-refractivity contribution in [1.82, 2.24) is 14.9 Å². The number of carbonyl (C=O) groups is 1. The third-order valence-corrected chi connectivity index (χ3v) is 3.07. The van der Waals surface area contributed by atoms with E-state index in [9.17, 15) is 4.79 Å². The van der Waals surface area contributed by atoms with Crippen LogP contribution in [0.3, 0.4) is 0 Å². The first-order valence-electron chi connectivity index (χ1n) is 5.96. The van der Waals surface area contributed by atoms with E-state index >= 15 is 0 Å². The van der Waals surface area contributed by atoms with Crippen LogP contribution in [-0.2, 0) is 13.6 Å². The molecular weight excluding hydrogens is 242 g/mol. The number of aromatic nitrogens is 2. The maximum Gasteiger partial charge on any atom is 0.268 e. The third-order valence-electron chi connectivity index (χ3n) is 3.07. The molecule has 3 heterocycles. The summed E-state index contributed by atoms with van der Waals surface area (Å²) in [5, 5.41) is 2.87. The number of hydrogen-bond acceptors (Lipinski definition) is 3. The van der Waals surface area contributed by atoms with E-state index in [1.54, 1.807) is 24.7 Å². The number of pyridine rings is 1. The Bertz CT molecular complexity index is 713. The Kier molecular flexibility index (Phi) is 2.79. The molecular formula is C14H13N3O2. The molecule has 3 aromatic rings. The molecule has 0 atom stereocenters. The molecule has 96 valence electrons. The van der Waals surface area contributed by atoms with Crippen molar-refractivity contribution < 1.29 is 9.21 Å². The third kappa shape index (κ3) is 2.10. The topological polar surface area (TPSA) is 60.1 Å². The lowest BCUT2D eigenvalue weighted by Gasteiger charge is -2.06.